The van der Waals surface area contributed by atoms with E-state index in [1.54, 1.807) is 6.07 Å². The molecule has 2 nitrogen and oxygen atoms in total. The molecule has 0 aromatic heterocycles. The van der Waals surface area contributed by atoms with Crippen LogP contribution in [-0.2, 0) is 0 Å². The predicted molar refractivity (Wildman–Crippen MR) is 79.0 cm³/mol. The highest BCUT2D eigenvalue weighted by molar-refractivity contribution is 6.35. The van der Waals surface area contributed by atoms with Gasteiger partial charge < -0.3 is 10.5 Å². The molecule has 0 bridgehead atoms. The molecular weight excluding hydrogens is 281 g/mol. The van der Waals surface area contributed by atoms with Crippen molar-refractivity contribution in [2.75, 3.05) is 0 Å². The molecule has 0 amide bonds. The number of rotatable bonds is 2. The first-order chi connectivity index (χ1) is 9.12. The molecule has 0 heterocycles. The second kappa shape index (κ2) is 5.16. The summed E-state index contributed by atoms with van der Waals surface area (Å²) in [5.41, 5.74) is 6.44. The normalized spacial score (nSPS) is 29.0. The average molecular weight is 300 g/mol. The zero-order chi connectivity index (χ0) is 13.5. The molecule has 2 aliphatic carbocycles. The van der Waals surface area contributed by atoms with Gasteiger partial charge in [-0.05, 0) is 31.0 Å². The van der Waals surface area contributed by atoms with E-state index in [1.165, 1.54) is 32.1 Å². The SMILES string of the molecule is NC1CC(Oc2ccc(Cl)cc2Cl)C12CCCCC2. The Morgan fingerprint density at radius 3 is 2.53 bits per heavy atom. The Morgan fingerprint density at radius 2 is 1.89 bits per heavy atom. The molecule has 1 aromatic carbocycles. The van der Waals surface area contributed by atoms with Crippen LogP contribution in [0.4, 0.5) is 0 Å². The zero-order valence-corrected chi connectivity index (χ0v) is 12.4. The maximum absolute atomic E-state index is 6.26. The first kappa shape index (κ1) is 13.5. The van der Waals surface area contributed by atoms with Crippen LogP contribution in [0, 0.1) is 5.41 Å². The molecule has 2 unspecified atom stereocenters. The van der Waals surface area contributed by atoms with Crippen molar-refractivity contribution in [1.29, 1.82) is 0 Å². The van der Waals surface area contributed by atoms with E-state index in [0.29, 0.717) is 10.0 Å². The van der Waals surface area contributed by atoms with Crippen LogP contribution in [0.3, 0.4) is 0 Å². The van der Waals surface area contributed by atoms with Gasteiger partial charge in [-0.25, -0.2) is 0 Å². The van der Waals surface area contributed by atoms with Gasteiger partial charge in [0, 0.05) is 22.9 Å². The molecule has 1 aromatic rings. The average Bonchev–Trinajstić information content (AvgIpc) is 2.42. The molecule has 4 heteroatoms. The van der Waals surface area contributed by atoms with Gasteiger partial charge in [-0.3, -0.25) is 0 Å². The van der Waals surface area contributed by atoms with Crippen LogP contribution in [0.15, 0.2) is 18.2 Å². The van der Waals surface area contributed by atoms with Gasteiger partial charge in [-0.1, -0.05) is 42.5 Å². The summed E-state index contributed by atoms with van der Waals surface area (Å²) in [6.07, 6.45) is 7.36. The maximum Gasteiger partial charge on any atom is 0.138 e. The van der Waals surface area contributed by atoms with Gasteiger partial charge in [0.15, 0.2) is 0 Å². The lowest BCUT2D eigenvalue weighted by atomic mass is 9.55. The van der Waals surface area contributed by atoms with E-state index in [-0.39, 0.29) is 17.6 Å². The van der Waals surface area contributed by atoms with Crippen molar-refractivity contribution in [2.45, 2.75) is 50.7 Å². The van der Waals surface area contributed by atoms with Crippen LogP contribution in [0.1, 0.15) is 38.5 Å². The lowest BCUT2D eigenvalue weighted by Crippen LogP contribution is -2.64. The van der Waals surface area contributed by atoms with Crippen molar-refractivity contribution in [3.8, 4) is 5.75 Å². The minimum Gasteiger partial charge on any atom is -0.488 e. The minimum atomic E-state index is 0.182. The summed E-state index contributed by atoms with van der Waals surface area (Å²) in [5.74, 6) is 0.730. The topological polar surface area (TPSA) is 35.2 Å². The quantitative estimate of drug-likeness (QED) is 0.877. The third-order valence-electron chi connectivity index (χ3n) is 4.80. The van der Waals surface area contributed by atoms with Gasteiger partial charge in [-0.15, -0.1) is 0 Å². The Kier molecular flexibility index (Phi) is 3.67. The van der Waals surface area contributed by atoms with Gasteiger partial charge in [-0.2, -0.15) is 0 Å². The van der Waals surface area contributed by atoms with Crippen molar-refractivity contribution < 1.29 is 4.74 Å². The highest BCUT2D eigenvalue weighted by atomic mass is 35.5. The van der Waals surface area contributed by atoms with Crippen LogP contribution in [0.2, 0.25) is 10.0 Å². The van der Waals surface area contributed by atoms with E-state index in [0.717, 1.165) is 12.2 Å². The fraction of sp³-hybridized carbons (Fsp3) is 0.600. The number of nitrogens with two attached hydrogens (primary N) is 1. The number of halogens is 2. The molecule has 3 rings (SSSR count). The van der Waals surface area contributed by atoms with Crippen molar-refractivity contribution in [2.24, 2.45) is 11.1 Å². The lowest BCUT2D eigenvalue weighted by Gasteiger charge is -2.56. The third-order valence-corrected chi connectivity index (χ3v) is 5.33. The van der Waals surface area contributed by atoms with E-state index in [2.05, 4.69) is 0 Å². The Hall–Kier alpha value is -0.440. The Balaban J connectivity index is 1.76. The fourth-order valence-electron chi connectivity index (χ4n) is 3.57. The summed E-state index contributed by atoms with van der Waals surface area (Å²) >= 11 is 12.1. The fourth-order valence-corrected chi connectivity index (χ4v) is 4.02. The highest BCUT2D eigenvalue weighted by Gasteiger charge is 2.55. The Morgan fingerprint density at radius 1 is 1.16 bits per heavy atom. The summed E-state index contributed by atoms with van der Waals surface area (Å²) in [6.45, 7) is 0. The molecule has 2 aliphatic rings. The Labute approximate surface area is 124 Å². The van der Waals surface area contributed by atoms with E-state index in [4.69, 9.17) is 33.7 Å². The molecule has 104 valence electrons. The van der Waals surface area contributed by atoms with Crippen LogP contribution in [0.5, 0.6) is 5.75 Å². The van der Waals surface area contributed by atoms with Crippen molar-refractivity contribution in [1.82, 2.24) is 0 Å². The smallest absolute Gasteiger partial charge is 0.138 e. The van der Waals surface area contributed by atoms with Crippen LogP contribution in [-0.4, -0.2) is 12.1 Å². The van der Waals surface area contributed by atoms with Crippen molar-refractivity contribution in [3.05, 3.63) is 28.2 Å². The molecule has 0 radical (unpaired) electrons. The van der Waals surface area contributed by atoms with E-state index >= 15 is 0 Å². The molecule has 0 aliphatic heterocycles. The molecule has 0 saturated heterocycles. The van der Waals surface area contributed by atoms with Crippen LogP contribution in [0.25, 0.3) is 0 Å². The van der Waals surface area contributed by atoms with E-state index < -0.39 is 0 Å². The first-order valence-electron chi connectivity index (χ1n) is 6.99. The highest BCUT2D eigenvalue weighted by Crippen LogP contribution is 2.52. The largest absolute Gasteiger partial charge is 0.488 e. The number of benzene rings is 1. The van der Waals surface area contributed by atoms with Gasteiger partial charge in [0.05, 0.1) is 5.02 Å². The molecule has 2 fully saturated rings. The number of hydrogen-bond donors (Lipinski definition) is 1. The maximum atomic E-state index is 6.26. The van der Waals surface area contributed by atoms with Crippen molar-refractivity contribution in [3.63, 3.8) is 0 Å². The summed E-state index contributed by atoms with van der Waals surface area (Å²) in [7, 11) is 0. The summed E-state index contributed by atoms with van der Waals surface area (Å²) in [5, 5.41) is 1.22. The molecule has 19 heavy (non-hydrogen) atoms. The van der Waals surface area contributed by atoms with E-state index in [9.17, 15) is 0 Å². The first-order valence-corrected chi connectivity index (χ1v) is 7.75. The summed E-state index contributed by atoms with van der Waals surface area (Å²) in [4.78, 5) is 0. The molecule has 2 saturated carbocycles. The van der Waals surface area contributed by atoms with Crippen LogP contribution >= 0.6 is 23.2 Å². The van der Waals surface area contributed by atoms with Gasteiger partial charge in [0.1, 0.15) is 11.9 Å². The molecule has 1 spiro atoms. The minimum absolute atomic E-state index is 0.182. The Bertz CT molecular complexity index is 471. The van der Waals surface area contributed by atoms with Gasteiger partial charge >= 0.3 is 0 Å². The lowest BCUT2D eigenvalue weighted by molar-refractivity contribution is -0.0898. The number of hydrogen-bond acceptors (Lipinski definition) is 2. The van der Waals surface area contributed by atoms with E-state index in [1.807, 2.05) is 12.1 Å². The summed E-state index contributed by atoms with van der Waals surface area (Å²) < 4.78 is 6.13. The molecular formula is C15H19Cl2NO. The second-order valence-electron chi connectivity index (χ2n) is 5.82. The molecule has 2 N–H and O–H groups in total. The van der Waals surface area contributed by atoms with Crippen LogP contribution < -0.4 is 10.5 Å². The van der Waals surface area contributed by atoms with Crippen molar-refractivity contribution >= 4 is 23.2 Å². The standard InChI is InChI=1S/C15H19Cl2NO/c16-10-4-5-12(11(17)8-10)19-14-9-13(18)15(14)6-2-1-3-7-15/h4-5,8,13-14H,1-3,6-7,9,18H2. The summed E-state index contributed by atoms with van der Waals surface area (Å²) in [6, 6.07) is 5.67. The van der Waals surface area contributed by atoms with Gasteiger partial charge in [0.2, 0.25) is 0 Å². The van der Waals surface area contributed by atoms with Gasteiger partial charge in [0.25, 0.3) is 0 Å². The number of ether oxygens (including phenoxy) is 1. The molecule has 2 atom stereocenters. The predicted octanol–water partition coefficient (Wildman–Crippen LogP) is 4.42. The second-order valence-corrected chi connectivity index (χ2v) is 6.66. The zero-order valence-electron chi connectivity index (χ0n) is 10.9. The monoisotopic (exact) mass is 299 g/mol. The third kappa shape index (κ3) is 2.35.